The summed E-state index contributed by atoms with van der Waals surface area (Å²) >= 11 is 0. The predicted octanol–water partition coefficient (Wildman–Crippen LogP) is 2.70. The van der Waals surface area contributed by atoms with Crippen LogP contribution < -0.4 is 0 Å². The molecule has 5 heteroatoms. The van der Waals surface area contributed by atoms with Gasteiger partial charge in [-0.1, -0.05) is 24.3 Å². The van der Waals surface area contributed by atoms with Crippen LogP contribution in [0.4, 0.5) is 4.39 Å². The Morgan fingerprint density at radius 1 is 1.33 bits per heavy atom. The number of ether oxygens (including phenoxy) is 1. The number of hydrogen-bond acceptors (Lipinski definition) is 4. The first-order valence-corrected chi connectivity index (χ1v) is 7.93. The lowest BCUT2D eigenvalue weighted by atomic mass is 9.92. The summed E-state index contributed by atoms with van der Waals surface area (Å²) in [6.45, 7) is 1.02. The summed E-state index contributed by atoms with van der Waals surface area (Å²) in [6, 6.07) is 12.1. The SMILES string of the molecule is COC(=O)c1ccc(F)c(CN2CCc3ccccc3C2CO)c1. The number of halogens is 1. The molecule has 0 bridgehead atoms. The van der Waals surface area contributed by atoms with Crippen LogP contribution in [0.2, 0.25) is 0 Å². The monoisotopic (exact) mass is 329 g/mol. The Balaban J connectivity index is 1.87. The van der Waals surface area contributed by atoms with E-state index in [2.05, 4.69) is 6.07 Å². The van der Waals surface area contributed by atoms with E-state index in [0.29, 0.717) is 17.7 Å². The molecule has 1 heterocycles. The van der Waals surface area contributed by atoms with Gasteiger partial charge in [0.15, 0.2) is 0 Å². The number of esters is 1. The zero-order valence-electron chi connectivity index (χ0n) is 13.5. The fraction of sp³-hybridized carbons (Fsp3) is 0.316. The molecule has 0 saturated heterocycles. The largest absolute Gasteiger partial charge is 0.465 e. The highest BCUT2D eigenvalue weighted by atomic mass is 19.1. The van der Waals surface area contributed by atoms with Gasteiger partial charge in [0, 0.05) is 18.7 Å². The van der Waals surface area contributed by atoms with Gasteiger partial charge in [-0.15, -0.1) is 0 Å². The van der Waals surface area contributed by atoms with Gasteiger partial charge < -0.3 is 9.84 Å². The van der Waals surface area contributed by atoms with Gasteiger partial charge in [-0.05, 0) is 35.7 Å². The third kappa shape index (κ3) is 3.18. The van der Waals surface area contributed by atoms with Gasteiger partial charge in [-0.3, -0.25) is 4.90 Å². The Hall–Kier alpha value is -2.24. The maximum absolute atomic E-state index is 14.2. The maximum Gasteiger partial charge on any atom is 0.337 e. The summed E-state index contributed by atoms with van der Waals surface area (Å²) in [5.74, 6) is -0.850. The molecule has 0 aromatic heterocycles. The van der Waals surface area contributed by atoms with Crippen LogP contribution in [-0.2, 0) is 17.7 Å². The molecule has 0 radical (unpaired) electrons. The standard InChI is InChI=1S/C19H20FNO3/c1-24-19(23)14-6-7-17(20)15(10-14)11-21-9-8-13-4-2-3-5-16(13)18(21)12-22/h2-7,10,18,22H,8-9,11-12H2,1H3. The number of rotatable bonds is 4. The average Bonchev–Trinajstić information content (AvgIpc) is 2.62. The zero-order chi connectivity index (χ0) is 17.1. The molecule has 3 rings (SSSR count). The van der Waals surface area contributed by atoms with Gasteiger partial charge in [-0.2, -0.15) is 0 Å². The van der Waals surface area contributed by atoms with Gasteiger partial charge in [0.2, 0.25) is 0 Å². The molecule has 4 nitrogen and oxygen atoms in total. The lowest BCUT2D eigenvalue weighted by Crippen LogP contribution is -2.37. The number of fused-ring (bicyclic) bond motifs is 1. The molecule has 2 aromatic rings. The van der Waals surface area contributed by atoms with Crippen LogP contribution in [0.25, 0.3) is 0 Å². The second-order valence-electron chi connectivity index (χ2n) is 5.92. The number of carbonyl (C=O) groups excluding carboxylic acids is 1. The molecular formula is C19H20FNO3. The Labute approximate surface area is 140 Å². The molecule has 0 spiro atoms. The predicted molar refractivity (Wildman–Crippen MR) is 88.1 cm³/mol. The molecule has 0 amide bonds. The number of aliphatic hydroxyl groups is 1. The molecule has 1 unspecified atom stereocenters. The molecule has 126 valence electrons. The Kier molecular flexibility index (Phi) is 4.92. The van der Waals surface area contributed by atoms with Crippen molar-refractivity contribution in [2.75, 3.05) is 20.3 Å². The van der Waals surface area contributed by atoms with Crippen LogP contribution in [0, 0.1) is 5.82 Å². The van der Waals surface area contributed by atoms with Gasteiger partial charge >= 0.3 is 5.97 Å². The van der Waals surface area contributed by atoms with E-state index in [1.807, 2.05) is 23.1 Å². The van der Waals surface area contributed by atoms with Crippen molar-refractivity contribution in [1.29, 1.82) is 0 Å². The molecule has 1 N–H and O–H groups in total. The van der Waals surface area contributed by atoms with Crippen molar-refractivity contribution in [3.63, 3.8) is 0 Å². The summed E-state index contributed by atoms with van der Waals surface area (Å²) in [5, 5.41) is 9.83. The topological polar surface area (TPSA) is 49.8 Å². The first-order chi connectivity index (χ1) is 11.6. The summed E-state index contributed by atoms with van der Waals surface area (Å²) < 4.78 is 18.9. The van der Waals surface area contributed by atoms with Crippen LogP contribution in [0.3, 0.4) is 0 Å². The number of carbonyl (C=O) groups is 1. The smallest absolute Gasteiger partial charge is 0.337 e. The summed E-state index contributed by atoms with van der Waals surface area (Å²) in [5.41, 5.74) is 3.05. The van der Waals surface area contributed by atoms with Crippen molar-refractivity contribution in [2.45, 2.75) is 19.0 Å². The minimum Gasteiger partial charge on any atom is -0.465 e. The normalized spacial score (nSPS) is 17.4. The van der Waals surface area contributed by atoms with Gasteiger partial charge in [0.25, 0.3) is 0 Å². The lowest BCUT2D eigenvalue weighted by Gasteiger charge is -2.36. The average molecular weight is 329 g/mol. The third-order valence-corrected chi connectivity index (χ3v) is 4.54. The number of benzene rings is 2. The van der Waals surface area contributed by atoms with Crippen LogP contribution in [0.1, 0.15) is 33.1 Å². The molecule has 1 aliphatic heterocycles. The molecule has 0 fully saturated rings. The fourth-order valence-corrected chi connectivity index (χ4v) is 3.27. The van der Waals surface area contributed by atoms with E-state index in [1.54, 1.807) is 0 Å². The Morgan fingerprint density at radius 3 is 2.88 bits per heavy atom. The first-order valence-electron chi connectivity index (χ1n) is 7.93. The molecule has 1 atom stereocenters. The molecular weight excluding hydrogens is 309 g/mol. The van der Waals surface area contributed by atoms with E-state index >= 15 is 0 Å². The van der Waals surface area contributed by atoms with E-state index in [4.69, 9.17) is 4.74 Å². The molecule has 1 aliphatic rings. The highest BCUT2D eigenvalue weighted by molar-refractivity contribution is 5.89. The van der Waals surface area contributed by atoms with E-state index in [1.165, 1.54) is 30.9 Å². The minimum absolute atomic E-state index is 0.0324. The van der Waals surface area contributed by atoms with E-state index in [-0.39, 0.29) is 18.5 Å². The summed E-state index contributed by atoms with van der Waals surface area (Å²) in [6.07, 6.45) is 0.852. The van der Waals surface area contributed by atoms with E-state index in [9.17, 15) is 14.3 Å². The van der Waals surface area contributed by atoms with Crippen LogP contribution in [0.15, 0.2) is 42.5 Å². The fourth-order valence-electron chi connectivity index (χ4n) is 3.27. The van der Waals surface area contributed by atoms with Crippen molar-refractivity contribution in [3.8, 4) is 0 Å². The van der Waals surface area contributed by atoms with Crippen LogP contribution in [0.5, 0.6) is 0 Å². The van der Waals surface area contributed by atoms with Crippen molar-refractivity contribution in [1.82, 2.24) is 4.90 Å². The van der Waals surface area contributed by atoms with Gasteiger partial charge in [0.05, 0.1) is 25.3 Å². The van der Waals surface area contributed by atoms with Crippen molar-refractivity contribution in [2.24, 2.45) is 0 Å². The quantitative estimate of drug-likeness (QED) is 0.876. The molecule has 24 heavy (non-hydrogen) atoms. The number of methoxy groups -OCH3 is 1. The maximum atomic E-state index is 14.2. The van der Waals surface area contributed by atoms with Crippen molar-refractivity contribution in [3.05, 3.63) is 70.5 Å². The Morgan fingerprint density at radius 2 is 2.12 bits per heavy atom. The third-order valence-electron chi connectivity index (χ3n) is 4.54. The van der Waals surface area contributed by atoms with Crippen LogP contribution >= 0.6 is 0 Å². The van der Waals surface area contributed by atoms with Crippen LogP contribution in [-0.4, -0.2) is 36.2 Å². The number of hydrogen-bond donors (Lipinski definition) is 1. The van der Waals surface area contributed by atoms with Crippen molar-refractivity contribution < 1.29 is 19.0 Å². The molecule has 2 aromatic carbocycles. The summed E-state index contributed by atoms with van der Waals surface area (Å²) in [4.78, 5) is 13.7. The zero-order valence-corrected chi connectivity index (χ0v) is 13.5. The Bertz CT molecular complexity index is 747. The highest BCUT2D eigenvalue weighted by Crippen LogP contribution is 2.31. The number of aliphatic hydroxyl groups excluding tert-OH is 1. The second kappa shape index (κ2) is 7.11. The number of nitrogens with zero attached hydrogens (tertiary/aromatic N) is 1. The van der Waals surface area contributed by atoms with E-state index in [0.717, 1.165) is 18.5 Å². The minimum atomic E-state index is -0.487. The van der Waals surface area contributed by atoms with Gasteiger partial charge in [0.1, 0.15) is 5.82 Å². The highest BCUT2D eigenvalue weighted by Gasteiger charge is 2.27. The molecule has 0 aliphatic carbocycles. The van der Waals surface area contributed by atoms with Crippen molar-refractivity contribution >= 4 is 5.97 Å². The first kappa shape index (κ1) is 16.6. The lowest BCUT2D eigenvalue weighted by molar-refractivity contribution is 0.0600. The summed E-state index contributed by atoms with van der Waals surface area (Å²) in [7, 11) is 1.30. The molecule has 0 saturated carbocycles. The van der Waals surface area contributed by atoms with E-state index < -0.39 is 5.97 Å². The van der Waals surface area contributed by atoms with Gasteiger partial charge in [-0.25, -0.2) is 9.18 Å². The second-order valence-corrected chi connectivity index (χ2v) is 5.92.